The molecule has 3 N–H and O–H groups in total. The molecule has 0 radical (unpaired) electrons. The van der Waals surface area contributed by atoms with Crippen LogP contribution in [-0.4, -0.2) is 16.2 Å². The molecular weight excluding hydrogens is 406 g/mol. The Morgan fingerprint density at radius 2 is 1.76 bits per heavy atom. The summed E-state index contributed by atoms with van der Waals surface area (Å²) >= 11 is 11.9. The van der Waals surface area contributed by atoms with Crippen molar-refractivity contribution in [2.24, 2.45) is 5.73 Å². The normalized spacial score (nSPS) is 12.8. The Kier molecular flexibility index (Phi) is 10.1. The minimum atomic E-state index is -0.909. The topological polar surface area (TPSA) is 68.4 Å². The number of rotatable bonds is 5. The van der Waals surface area contributed by atoms with Gasteiger partial charge in [-0.3, -0.25) is 0 Å². The van der Waals surface area contributed by atoms with E-state index < -0.39 is 12.1 Å². The van der Waals surface area contributed by atoms with E-state index in [-0.39, 0.29) is 30.9 Å². The predicted octanol–water partition coefficient (Wildman–Crippen LogP) is 5.06. The van der Waals surface area contributed by atoms with Crippen molar-refractivity contribution >= 4 is 48.0 Å². The molecule has 0 aliphatic carbocycles. The molecule has 0 spiro atoms. The molecule has 0 aliphatic heterocycles. The number of aryl methyl sites for hydroxylation is 1. The lowest BCUT2D eigenvalue weighted by atomic mass is 9.95. The zero-order chi connectivity index (χ0) is 17.1. The molecule has 140 valence electrons. The van der Waals surface area contributed by atoms with Gasteiger partial charge in [0.15, 0.2) is 0 Å². The summed E-state index contributed by atoms with van der Waals surface area (Å²) in [6.07, 6.45) is 0.721. The van der Waals surface area contributed by atoms with E-state index in [0.29, 0.717) is 27.1 Å². The molecule has 0 saturated carbocycles. The van der Waals surface area contributed by atoms with Crippen LogP contribution in [0.25, 0.3) is 0 Å². The van der Waals surface area contributed by atoms with Gasteiger partial charge in [0, 0.05) is 17.8 Å². The van der Waals surface area contributed by atoms with E-state index >= 15 is 0 Å². The summed E-state index contributed by atoms with van der Waals surface area (Å²) in [5.41, 5.74) is 8.38. The first-order chi connectivity index (χ1) is 10.8. The molecule has 2 aromatic rings. The zero-order valence-electron chi connectivity index (χ0n) is 14.1. The van der Waals surface area contributed by atoms with Crippen LogP contribution in [0.3, 0.4) is 0 Å². The summed E-state index contributed by atoms with van der Waals surface area (Å²) in [7, 11) is 0. The molecule has 2 rings (SSSR count). The van der Waals surface area contributed by atoms with Crippen molar-refractivity contribution < 1.29 is 9.84 Å². The number of nitrogens with zero attached hydrogens (tertiary/aromatic N) is 1. The lowest BCUT2D eigenvalue weighted by Crippen LogP contribution is -2.20. The van der Waals surface area contributed by atoms with Crippen LogP contribution in [-0.2, 0) is 0 Å². The second-order valence-electron chi connectivity index (χ2n) is 5.69. The summed E-state index contributed by atoms with van der Waals surface area (Å²) in [6.45, 7) is 5.74. The standard InChI is InChI=1S/C17H20Cl2N2O2.2ClH/c1-9(2)23-15-6-10(3)12(8-21-15)17(22)16(20)11-4-5-13(18)14(19)7-11;;/h4-9,16-17,22H,20H2,1-3H3;2*1H/t16-,17+;;/m0../s1. The third-order valence-electron chi connectivity index (χ3n) is 3.47. The van der Waals surface area contributed by atoms with Crippen molar-refractivity contribution in [3.8, 4) is 5.88 Å². The lowest BCUT2D eigenvalue weighted by Gasteiger charge is -2.22. The molecule has 0 amide bonds. The van der Waals surface area contributed by atoms with E-state index in [0.717, 1.165) is 5.56 Å². The second-order valence-corrected chi connectivity index (χ2v) is 6.50. The number of aliphatic hydroxyl groups is 1. The fourth-order valence-corrected chi connectivity index (χ4v) is 2.56. The fraction of sp³-hybridized carbons (Fsp3) is 0.353. The molecule has 1 aromatic carbocycles. The number of aliphatic hydroxyl groups excluding tert-OH is 1. The van der Waals surface area contributed by atoms with Gasteiger partial charge in [0.25, 0.3) is 0 Å². The maximum atomic E-state index is 10.6. The number of benzene rings is 1. The summed E-state index contributed by atoms with van der Waals surface area (Å²) in [6, 6.07) is 6.23. The molecule has 0 fully saturated rings. The average Bonchev–Trinajstić information content (AvgIpc) is 2.48. The summed E-state index contributed by atoms with van der Waals surface area (Å²) in [4.78, 5) is 4.22. The molecule has 2 atom stereocenters. The van der Waals surface area contributed by atoms with E-state index in [4.69, 9.17) is 33.7 Å². The summed E-state index contributed by atoms with van der Waals surface area (Å²) in [5.74, 6) is 0.525. The van der Waals surface area contributed by atoms with Crippen molar-refractivity contribution in [1.29, 1.82) is 0 Å². The maximum absolute atomic E-state index is 10.6. The quantitative estimate of drug-likeness (QED) is 0.699. The number of hydrogen-bond donors (Lipinski definition) is 2. The molecule has 0 bridgehead atoms. The van der Waals surface area contributed by atoms with Crippen LogP contribution in [0.15, 0.2) is 30.5 Å². The lowest BCUT2D eigenvalue weighted by molar-refractivity contribution is 0.145. The van der Waals surface area contributed by atoms with Crippen LogP contribution in [0.4, 0.5) is 0 Å². The Bertz CT molecular complexity index is 698. The molecule has 8 heteroatoms. The van der Waals surface area contributed by atoms with E-state index in [2.05, 4.69) is 4.98 Å². The summed E-state index contributed by atoms with van der Waals surface area (Å²) in [5, 5.41) is 11.4. The molecule has 1 heterocycles. The van der Waals surface area contributed by atoms with Crippen molar-refractivity contribution in [1.82, 2.24) is 4.98 Å². The maximum Gasteiger partial charge on any atom is 0.213 e. The number of halogens is 4. The Hall–Kier alpha value is -0.750. The van der Waals surface area contributed by atoms with Crippen molar-refractivity contribution in [2.45, 2.75) is 39.0 Å². The first kappa shape index (κ1) is 24.2. The third-order valence-corrected chi connectivity index (χ3v) is 4.21. The highest BCUT2D eigenvalue weighted by Gasteiger charge is 2.22. The second kappa shape index (κ2) is 10.4. The van der Waals surface area contributed by atoms with Crippen molar-refractivity contribution in [3.63, 3.8) is 0 Å². The van der Waals surface area contributed by atoms with Crippen molar-refractivity contribution in [2.75, 3.05) is 0 Å². The van der Waals surface area contributed by atoms with E-state index in [1.807, 2.05) is 20.8 Å². The van der Waals surface area contributed by atoms with Gasteiger partial charge in [0.2, 0.25) is 5.88 Å². The van der Waals surface area contributed by atoms with E-state index in [9.17, 15) is 5.11 Å². The van der Waals surface area contributed by atoms with E-state index in [1.54, 1.807) is 30.5 Å². The van der Waals surface area contributed by atoms with Crippen LogP contribution in [0.5, 0.6) is 5.88 Å². The number of hydrogen-bond acceptors (Lipinski definition) is 4. The minimum Gasteiger partial charge on any atom is -0.475 e. The Morgan fingerprint density at radius 1 is 1.12 bits per heavy atom. The van der Waals surface area contributed by atoms with Crippen LogP contribution in [0, 0.1) is 6.92 Å². The highest BCUT2D eigenvalue weighted by Crippen LogP contribution is 2.32. The monoisotopic (exact) mass is 426 g/mol. The first-order valence-electron chi connectivity index (χ1n) is 7.31. The van der Waals surface area contributed by atoms with E-state index in [1.165, 1.54) is 0 Å². The molecule has 0 unspecified atom stereocenters. The van der Waals surface area contributed by atoms with Gasteiger partial charge in [-0.15, -0.1) is 24.8 Å². The van der Waals surface area contributed by atoms with Crippen LogP contribution in [0.2, 0.25) is 10.0 Å². The average molecular weight is 428 g/mol. The van der Waals surface area contributed by atoms with Crippen molar-refractivity contribution in [3.05, 3.63) is 57.2 Å². The Labute approximate surface area is 170 Å². The molecule has 4 nitrogen and oxygen atoms in total. The number of nitrogens with two attached hydrogens (primary N) is 1. The minimum absolute atomic E-state index is 0. The predicted molar refractivity (Wildman–Crippen MR) is 108 cm³/mol. The zero-order valence-corrected chi connectivity index (χ0v) is 17.2. The van der Waals surface area contributed by atoms with Gasteiger partial charge >= 0.3 is 0 Å². The largest absolute Gasteiger partial charge is 0.475 e. The Balaban J connectivity index is 0.00000288. The van der Waals surface area contributed by atoms with Crippen LogP contribution < -0.4 is 10.5 Å². The third kappa shape index (κ3) is 6.17. The van der Waals surface area contributed by atoms with Gasteiger partial charge in [0.05, 0.1) is 28.3 Å². The van der Waals surface area contributed by atoms with Gasteiger partial charge in [-0.1, -0.05) is 29.3 Å². The highest BCUT2D eigenvalue weighted by molar-refractivity contribution is 6.42. The van der Waals surface area contributed by atoms with Gasteiger partial charge < -0.3 is 15.6 Å². The molecule has 25 heavy (non-hydrogen) atoms. The smallest absolute Gasteiger partial charge is 0.213 e. The van der Waals surface area contributed by atoms with Gasteiger partial charge in [-0.05, 0) is 44.0 Å². The van der Waals surface area contributed by atoms with Gasteiger partial charge in [0.1, 0.15) is 0 Å². The number of pyridine rings is 1. The number of aromatic nitrogens is 1. The van der Waals surface area contributed by atoms with Gasteiger partial charge in [-0.2, -0.15) is 0 Å². The molecule has 1 aromatic heterocycles. The number of ether oxygens (including phenoxy) is 1. The molecular formula is C17H22Cl4N2O2. The van der Waals surface area contributed by atoms with Gasteiger partial charge in [-0.25, -0.2) is 4.98 Å². The Morgan fingerprint density at radius 3 is 2.28 bits per heavy atom. The SMILES string of the molecule is Cc1cc(OC(C)C)ncc1[C@@H](O)[C@@H](N)c1ccc(Cl)c(Cl)c1.Cl.Cl. The van der Waals surface area contributed by atoms with Crippen LogP contribution in [0.1, 0.15) is 42.7 Å². The molecule has 0 aliphatic rings. The fourth-order valence-electron chi connectivity index (χ4n) is 2.25. The highest BCUT2D eigenvalue weighted by atomic mass is 35.5. The molecule has 0 saturated heterocycles. The van der Waals surface area contributed by atoms with Crippen LogP contribution >= 0.6 is 48.0 Å². The first-order valence-corrected chi connectivity index (χ1v) is 8.07. The summed E-state index contributed by atoms with van der Waals surface area (Å²) < 4.78 is 5.55.